The number of thiophene rings is 1. The fourth-order valence-corrected chi connectivity index (χ4v) is 7.24. The number of nitrogens with zero attached hydrogens (tertiary/aromatic N) is 2. The fraction of sp³-hybridized carbons (Fsp3) is 0.250. The molecule has 6 rings (SSSR count). The Morgan fingerprint density at radius 1 is 1.12 bits per heavy atom. The van der Waals surface area contributed by atoms with Crippen molar-refractivity contribution < 1.29 is 19.7 Å². The number of fused-ring (bicyclic) bond motifs is 3. The van der Waals surface area contributed by atoms with Gasteiger partial charge in [-0.2, -0.15) is 0 Å². The molecular weight excluding hydrogens is 558 g/mol. The predicted molar refractivity (Wildman–Crippen MR) is 162 cm³/mol. The maximum absolute atomic E-state index is 13.3. The van der Waals surface area contributed by atoms with E-state index >= 15 is 0 Å². The Morgan fingerprint density at radius 3 is 2.51 bits per heavy atom. The van der Waals surface area contributed by atoms with Crippen molar-refractivity contribution in [2.45, 2.75) is 38.8 Å². The van der Waals surface area contributed by atoms with E-state index in [2.05, 4.69) is 5.32 Å². The van der Waals surface area contributed by atoms with Crippen LogP contribution in [0, 0.1) is 5.92 Å². The van der Waals surface area contributed by atoms with E-state index in [1.165, 1.54) is 22.3 Å². The van der Waals surface area contributed by atoms with Crippen molar-refractivity contribution in [2.24, 2.45) is 5.92 Å². The zero-order valence-corrected chi connectivity index (χ0v) is 24.3. The van der Waals surface area contributed by atoms with E-state index in [-0.39, 0.29) is 36.2 Å². The van der Waals surface area contributed by atoms with Crippen molar-refractivity contribution in [1.82, 2.24) is 14.9 Å². The molecule has 0 unspecified atom stereocenters. The third kappa shape index (κ3) is 5.13. The second-order valence-corrected chi connectivity index (χ2v) is 11.8. The lowest BCUT2D eigenvalue weighted by molar-refractivity contribution is -0.126. The van der Waals surface area contributed by atoms with E-state index in [0.29, 0.717) is 17.1 Å². The molecule has 0 saturated heterocycles. The molecule has 41 heavy (non-hydrogen) atoms. The average molecular weight is 588 g/mol. The van der Waals surface area contributed by atoms with E-state index < -0.39 is 0 Å². The van der Waals surface area contributed by atoms with Gasteiger partial charge in [-0.3, -0.25) is 9.36 Å². The van der Waals surface area contributed by atoms with Crippen molar-refractivity contribution in [1.29, 1.82) is 0 Å². The van der Waals surface area contributed by atoms with E-state index in [1.807, 2.05) is 61.5 Å². The van der Waals surface area contributed by atoms with Crippen LogP contribution in [0.2, 0.25) is 5.02 Å². The van der Waals surface area contributed by atoms with Crippen molar-refractivity contribution in [3.8, 4) is 28.6 Å². The van der Waals surface area contributed by atoms with E-state index in [1.54, 1.807) is 18.4 Å². The highest BCUT2D eigenvalue weighted by atomic mass is 35.5. The highest BCUT2D eigenvalue weighted by molar-refractivity contribution is 7.19. The minimum atomic E-state index is -0.130. The zero-order chi connectivity index (χ0) is 28.7. The quantitative estimate of drug-likeness (QED) is 0.193. The van der Waals surface area contributed by atoms with Crippen LogP contribution in [0.5, 0.6) is 17.5 Å². The second-order valence-electron chi connectivity index (χ2n) is 10.4. The molecule has 1 aliphatic rings. The van der Waals surface area contributed by atoms with Gasteiger partial charge in [0.15, 0.2) is 11.8 Å². The van der Waals surface area contributed by atoms with Gasteiger partial charge >= 0.3 is 0 Å². The highest BCUT2D eigenvalue weighted by Crippen LogP contribution is 2.46. The third-order valence-electron chi connectivity index (χ3n) is 7.86. The predicted octanol–water partition coefficient (Wildman–Crippen LogP) is 6.87. The van der Waals surface area contributed by atoms with Crippen LogP contribution in [-0.2, 0) is 24.2 Å². The Kier molecular flexibility index (Phi) is 7.36. The van der Waals surface area contributed by atoms with Gasteiger partial charge in [0.25, 0.3) is 0 Å². The molecule has 5 aromatic rings. The van der Waals surface area contributed by atoms with Crippen molar-refractivity contribution >= 4 is 39.1 Å². The Hall–Kier alpha value is -4.01. The molecule has 2 aromatic carbocycles. The first kappa shape index (κ1) is 27.2. The number of carbonyl (C=O) groups is 1. The topological polar surface area (TPSA) is 96.6 Å². The molecule has 0 spiro atoms. The maximum atomic E-state index is 13.3. The first-order chi connectivity index (χ1) is 19.8. The standard InChI is InChI=1S/C32H30ClN3O4S/c1-18(19-6-4-3-5-7-19)34-31(39)21-10-13-23-25(16-21)41-32-29(23)28(20-8-11-22(40-2)12-9-20)30(33)24(35-32)17-36-26(37)14-15-27(36)38/h3-9,11-12,14-15,18,21,37-38H,10,13,16-17H2,1-2H3,(H,34,39)/t18-,21+/m1/s1. The molecule has 0 fully saturated rings. The van der Waals surface area contributed by atoms with E-state index in [4.69, 9.17) is 21.3 Å². The monoisotopic (exact) mass is 587 g/mol. The lowest BCUT2D eigenvalue weighted by atomic mass is 9.85. The number of methoxy groups -OCH3 is 1. The number of aryl methyl sites for hydroxylation is 1. The summed E-state index contributed by atoms with van der Waals surface area (Å²) in [5.41, 5.74) is 4.58. The van der Waals surface area contributed by atoms with Gasteiger partial charge in [0.05, 0.1) is 30.4 Å². The minimum absolute atomic E-state index is 0.0603. The molecule has 7 nitrogen and oxygen atoms in total. The van der Waals surface area contributed by atoms with E-state index in [0.717, 1.165) is 50.4 Å². The van der Waals surface area contributed by atoms with Gasteiger partial charge in [-0.05, 0) is 55.0 Å². The average Bonchev–Trinajstić information content (AvgIpc) is 3.51. The van der Waals surface area contributed by atoms with Crippen LogP contribution in [0.4, 0.5) is 0 Å². The van der Waals surface area contributed by atoms with Crippen LogP contribution in [0.15, 0.2) is 66.7 Å². The summed E-state index contributed by atoms with van der Waals surface area (Å²) in [6.45, 7) is 2.11. The first-order valence-corrected chi connectivity index (χ1v) is 14.7. The molecule has 1 aliphatic carbocycles. The van der Waals surface area contributed by atoms with Crippen LogP contribution in [0.25, 0.3) is 21.3 Å². The molecule has 0 saturated carbocycles. The summed E-state index contributed by atoms with van der Waals surface area (Å²) in [4.78, 5) is 20.2. The van der Waals surface area contributed by atoms with Gasteiger partial charge in [-0.1, -0.05) is 54.1 Å². The molecule has 1 amide bonds. The largest absolute Gasteiger partial charge is 0.497 e. The smallest absolute Gasteiger partial charge is 0.223 e. The van der Waals surface area contributed by atoms with Gasteiger partial charge in [-0.25, -0.2) is 4.98 Å². The van der Waals surface area contributed by atoms with Gasteiger partial charge < -0.3 is 20.3 Å². The van der Waals surface area contributed by atoms with Gasteiger partial charge in [0.1, 0.15) is 10.6 Å². The number of amides is 1. The summed E-state index contributed by atoms with van der Waals surface area (Å²) >= 11 is 8.67. The third-order valence-corrected chi connectivity index (χ3v) is 9.41. The Balaban J connectivity index is 1.39. The molecule has 210 valence electrons. The number of ether oxygens (including phenoxy) is 1. The van der Waals surface area contributed by atoms with Gasteiger partial charge in [0.2, 0.25) is 5.91 Å². The number of halogens is 1. The van der Waals surface area contributed by atoms with Crippen LogP contribution >= 0.6 is 22.9 Å². The second kappa shape index (κ2) is 11.1. The molecule has 0 aliphatic heterocycles. The summed E-state index contributed by atoms with van der Waals surface area (Å²) in [7, 11) is 1.63. The number of carbonyl (C=O) groups excluding carboxylic acids is 1. The lowest BCUT2D eigenvalue weighted by Crippen LogP contribution is -2.35. The molecule has 2 atom stereocenters. The summed E-state index contributed by atoms with van der Waals surface area (Å²) < 4.78 is 6.73. The SMILES string of the molecule is COc1ccc(-c2c(Cl)c(Cn3c(O)ccc3O)nc3sc4c(c23)CC[C@H](C(=O)N[C@H](C)c2ccccc2)C4)cc1. The Labute approximate surface area is 247 Å². The van der Waals surface area contributed by atoms with Crippen molar-refractivity contribution in [3.05, 3.63) is 93.5 Å². The van der Waals surface area contributed by atoms with Crippen LogP contribution in [0.3, 0.4) is 0 Å². The molecule has 0 radical (unpaired) electrons. The van der Waals surface area contributed by atoms with Crippen molar-refractivity contribution in [3.63, 3.8) is 0 Å². The Bertz CT molecular complexity index is 1710. The van der Waals surface area contributed by atoms with Gasteiger partial charge in [0, 0.05) is 33.9 Å². The zero-order valence-electron chi connectivity index (χ0n) is 22.7. The molecule has 3 N–H and O–H groups in total. The summed E-state index contributed by atoms with van der Waals surface area (Å²) in [5, 5.41) is 25.2. The van der Waals surface area contributed by atoms with Crippen LogP contribution in [0.1, 0.15) is 41.1 Å². The van der Waals surface area contributed by atoms with Crippen molar-refractivity contribution in [2.75, 3.05) is 7.11 Å². The summed E-state index contributed by atoms with van der Waals surface area (Å²) in [6.07, 6.45) is 2.11. The van der Waals surface area contributed by atoms with Crippen LogP contribution in [-0.4, -0.2) is 32.8 Å². The number of hydrogen-bond donors (Lipinski definition) is 3. The van der Waals surface area contributed by atoms with Gasteiger partial charge in [-0.15, -0.1) is 11.3 Å². The minimum Gasteiger partial charge on any atom is -0.497 e. The molecule has 3 aromatic heterocycles. The number of hydrogen-bond acceptors (Lipinski definition) is 6. The van der Waals surface area contributed by atoms with E-state index in [9.17, 15) is 15.0 Å². The number of rotatable bonds is 7. The van der Waals surface area contributed by atoms with Crippen LogP contribution < -0.4 is 10.1 Å². The fourth-order valence-electron chi connectivity index (χ4n) is 5.61. The molecule has 0 bridgehead atoms. The number of pyridine rings is 1. The number of aromatic hydroxyl groups is 2. The maximum Gasteiger partial charge on any atom is 0.223 e. The molecular formula is C32H30ClN3O4S. The first-order valence-electron chi connectivity index (χ1n) is 13.5. The highest BCUT2D eigenvalue weighted by Gasteiger charge is 2.31. The molecule has 3 heterocycles. The molecule has 9 heteroatoms. The normalized spacial score (nSPS) is 15.4. The summed E-state index contributed by atoms with van der Waals surface area (Å²) in [5.74, 6) is 0.523. The summed E-state index contributed by atoms with van der Waals surface area (Å²) in [6, 6.07) is 20.5. The lowest BCUT2D eigenvalue weighted by Gasteiger charge is -2.24. The number of aromatic nitrogens is 2. The number of nitrogens with one attached hydrogen (secondary N) is 1. The number of benzene rings is 2. The Morgan fingerprint density at radius 2 is 1.83 bits per heavy atom.